The molecule has 1 heterocycles. The Morgan fingerprint density at radius 1 is 1.12 bits per heavy atom. The van der Waals surface area contributed by atoms with Crippen molar-refractivity contribution in [1.82, 2.24) is 19.2 Å². The summed E-state index contributed by atoms with van der Waals surface area (Å²) < 4.78 is 22.2. The van der Waals surface area contributed by atoms with Crippen LogP contribution < -0.4 is 5.32 Å². The summed E-state index contributed by atoms with van der Waals surface area (Å²) in [6, 6.07) is 12.1. The molecule has 0 spiro atoms. The van der Waals surface area contributed by atoms with E-state index in [1.165, 1.54) is 0 Å². The minimum absolute atomic E-state index is 0.0334. The quantitative estimate of drug-likeness (QED) is 0.448. The van der Waals surface area contributed by atoms with Gasteiger partial charge >= 0.3 is 0 Å². The second-order valence-corrected chi connectivity index (χ2v) is 10.2. The lowest BCUT2D eigenvalue weighted by molar-refractivity contribution is -0.125. The minimum atomic E-state index is -1.27. The number of aromatic nitrogens is 2. The van der Waals surface area contributed by atoms with Crippen LogP contribution in [-0.2, 0) is 34.1 Å². The fourth-order valence-electron chi connectivity index (χ4n) is 3.78. The molecule has 0 aliphatic rings. The normalized spacial score (nSPS) is 12.2. The monoisotopic (exact) mass is 482 g/mol. The van der Waals surface area contributed by atoms with E-state index in [-0.39, 0.29) is 12.5 Å². The molecule has 0 aliphatic heterocycles. The van der Waals surface area contributed by atoms with Gasteiger partial charge in [-0.15, -0.1) is 0 Å². The third kappa shape index (κ3) is 6.62. The van der Waals surface area contributed by atoms with Crippen LogP contribution in [0.4, 0.5) is 0 Å². The molecule has 1 aromatic heterocycles. The molecule has 0 fully saturated rings. The van der Waals surface area contributed by atoms with Gasteiger partial charge in [0.15, 0.2) is 0 Å². The van der Waals surface area contributed by atoms with E-state index >= 15 is 0 Å². The van der Waals surface area contributed by atoms with E-state index in [1.54, 1.807) is 11.4 Å². The summed E-state index contributed by atoms with van der Waals surface area (Å²) in [4.78, 5) is 17.5. The van der Waals surface area contributed by atoms with Crippen molar-refractivity contribution in [2.75, 3.05) is 26.8 Å². The van der Waals surface area contributed by atoms with Crippen LogP contribution in [0.1, 0.15) is 28.1 Å². The number of hydrogen-bond acceptors (Lipinski definition) is 4. The van der Waals surface area contributed by atoms with E-state index < -0.39 is 11.0 Å². The number of likely N-dealkylation sites (N-methyl/N-ethyl adjacent to an activating group) is 1. The zero-order chi connectivity index (χ0) is 24.8. The first-order valence-electron chi connectivity index (χ1n) is 11.3. The molecule has 0 saturated carbocycles. The summed E-state index contributed by atoms with van der Waals surface area (Å²) in [6.07, 6.45) is 2.00. The summed E-state index contributed by atoms with van der Waals surface area (Å²) in [5.41, 5.74) is 6.18. The molecule has 3 aromatic rings. The topological polar surface area (TPSA) is 76.5 Å². The smallest absolute Gasteiger partial charge is 0.246 e. The second kappa shape index (κ2) is 11.6. The second-order valence-electron chi connectivity index (χ2n) is 8.64. The number of nitrogens with zero attached hydrogens (tertiary/aromatic N) is 3. The van der Waals surface area contributed by atoms with Crippen LogP contribution in [0.3, 0.4) is 0 Å². The molecule has 0 aliphatic carbocycles. The molecule has 1 atom stereocenters. The standard InChI is InChI=1S/C26H34N4O3S/c1-18-13-19(2)26(20(3)14-18)34(32)30(6)11-12-33-17-25(31)27-15-22-7-9-23(10-8-22)24-16-29(5)21(4)28-24/h7-10,13-14,16H,11-12,15,17H2,1-6H3,(H,27,31). The Bertz CT molecular complexity index is 1130. The number of hydrogen-bond donors (Lipinski definition) is 1. The first kappa shape index (κ1) is 25.8. The molecular weight excluding hydrogens is 448 g/mol. The Morgan fingerprint density at radius 3 is 2.35 bits per heavy atom. The highest BCUT2D eigenvalue weighted by Gasteiger charge is 2.16. The van der Waals surface area contributed by atoms with Crippen LogP contribution in [0, 0.1) is 27.7 Å². The lowest BCUT2D eigenvalue weighted by Crippen LogP contribution is -2.30. The summed E-state index contributed by atoms with van der Waals surface area (Å²) in [6.45, 7) is 9.14. The first-order chi connectivity index (χ1) is 16.2. The number of nitrogens with one attached hydrogen (secondary N) is 1. The molecule has 0 radical (unpaired) electrons. The van der Waals surface area contributed by atoms with E-state index in [2.05, 4.69) is 10.3 Å². The molecule has 1 unspecified atom stereocenters. The van der Waals surface area contributed by atoms with Gasteiger partial charge in [-0.25, -0.2) is 13.5 Å². The predicted molar refractivity (Wildman–Crippen MR) is 136 cm³/mol. The highest BCUT2D eigenvalue weighted by molar-refractivity contribution is 7.82. The van der Waals surface area contributed by atoms with E-state index in [1.807, 2.05) is 81.9 Å². The Morgan fingerprint density at radius 2 is 1.76 bits per heavy atom. The third-order valence-corrected chi connectivity index (χ3v) is 7.44. The number of amides is 1. The average molecular weight is 483 g/mol. The molecule has 2 aromatic carbocycles. The molecule has 0 bridgehead atoms. The van der Waals surface area contributed by atoms with Crippen molar-refractivity contribution in [1.29, 1.82) is 0 Å². The summed E-state index contributed by atoms with van der Waals surface area (Å²) in [5, 5.41) is 2.87. The van der Waals surface area contributed by atoms with Crippen molar-refractivity contribution in [2.45, 2.75) is 39.1 Å². The Labute approximate surface area is 204 Å². The molecule has 182 valence electrons. The van der Waals surface area contributed by atoms with Gasteiger partial charge in [-0.2, -0.15) is 0 Å². The van der Waals surface area contributed by atoms with E-state index in [9.17, 15) is 9.00 Å². The molecule has 0 saturated heterocycles. The maximum Gasteiger partial charge on any atom is 0.246 e. The van der Waals surface area contributed by atoms with Gasteiger partial charge in [-0.1, -0.05) is 42.0 Å². The van der Waals surface area contributed by atoms with Crippen LogP contribution in [-0.4, -0.2) is 50.8 Å². The highest BCUT2D eigenvalue weighted by Crippen LogP contribution is 2.22. The number of aryl methyl sites for hydroxylation is 5. The van der Waals surface area contributed by atoms with Crippen LogP contribution in [0.2, 0.25) is 0 Å². The van der Waals surface area contributed by atoms with Crippen LogP contribution in [0.25, 0.3) is 11.3 Å². The zero-order valence-corrected chi connectivity index (χ0v) is 21.7. The number of carbonyl (C=O) groups is 1. The maximum atomic E-state index is 12.9. The molecule has 1 N–H and O–H groups in total. The zero-order valence-electron chi connectivity index (χ0n) is 20.8. The molecule has 1 amide bonds. The van der Waals surface area contributed by atoms with Crippen molar-refractivity contribution >= 4 is 16.9 Å². The molecule has 7 nitrogen and oxygen atoms in total. The van der Waals surface area contributed by atoms with Gasteiger partial charge in [0.1, 0.15) is 23.4 Å². The maximum absolute atomic E-state index is 12.9. The first-order valence-corrected chi connectivity index (χ1v) is 12.4. The predicted octanol–water partition coefficient (Wildman–Crippen LogP) is 3.61. The van der Waals surface area contributed by atoms with Gasteiger partial charge in [0.25, 0.3) is 0 Å². The number of imidazole rings is 1. The van der Waals surface area contributed by atoms with Crippen LogP contribution in [0.5, 0.6) is 0 Å². The molecule has 34 heavy (non-hydrogen) atoms. The van der Waals surface area contributed by atoms with Gasteiger partial charge in [0.2, 0.25) is 5.91 Å². The van der Waals surface area contributed by atoms with Crippen LogP contribution >= 0.6 is 0 Å². The molecule has 3 rings (SSSR count). The van der Waals surface area contributed by atoms with Gasteiger partial charge in [-0.05, 0) is 44.4 Å². The Kier molecular flexibility index (Phi) is 8.77. The third-order valence-electron chi connectivity index (χ3n) is 5.69. The molecule has 8 heteroatoms. The van der Waals surface area contributed by atoms with Gasteiger partial charge in [0.05, 0.1) is 17.2 Å². The van der Waals surface area contributed by atoms with Gasteiger partial charge < -0.3 is 14.6 Å². The van der Waals surface area contributed by atoms with Crippen LogP contribution in [0.15, 0.2) is 47.5 Å². The van der Waals surface area contributed by atoms with E-state index in [0.29, 0.717) is 19.7 Å². The number of rotatable bonds is 10. The Balaban J connectivity index is 1.39. The lowest BCUT2D eigenvalue weighted by atomic mass is 10.1. The number of benzene rings is 2. The fourth-order valence-corrected chi connectivity index (χ4v) is 5.00. The van der Waals surface area contributed by atoms with Crippen molar-refractivity contribution in [2.24, 2.45) is 7.05 Å². The van der Waals surface area contributed by atoms with E-state index in [0.717, 1.165) is 44.2 Å². The van der Waals surface area contributed by atoms with Crippen molar-refractivity contribution < 1.29 is 13.7 Å². The number of ether oxygens (including phenoxy) is 1. The molecular formula is C26H34N4O3S. The van der Waals surface area contributed by atoms with Gasteiger partial charge in [-0.3, -0.25) is 4.79 Å². The van der Waals surface area contributed by atoms with Crippen molar-refractivity contribution in [3.63, 3.8) is 0 Å². The van der Waals surface area contributed by atoms with Gasteiger partial charge in [0, 0.05) is 38.9 Å². The average Bonchev–Trinajstić information content (AvgIpc) is 3.13. The van der Waals surface area contributed by atoms with Crippen molar-refractivity contribution in [3.8, 4) is 11.3 Å². The minimum Gasteiger partial charge on any atom is -0.370 e. The summed E-state index contributed by atoms with van der Waals surface area (Å²) in [5.74, 6) is 0.780. The summed E-state index contributed by atoms with van der Waals surface area (Å²) in [7, 11) is 2.50. The van der Waals surface area contributed by atoms with E-state index in [4.69, 9.17) is 4.74 Å². The lowest BCUT2D eigenvalue weighted by Gasteiger charge is -2.19. The van der Waals surface area contributed by atoms with Crippen molar-refractivity contribution in [3.05, 3.63) is 70.7 Å². The number of carbonyl (C=O) groups excluding carboxylic acids is 1. The SMILES string of the molecule is Cc1cc(C)c(S(=O)N(C)CCOCC(=O)NCc2ccc(-c3cn(C)c(C)n3)cc2)c(C)c1. The largest absolute Gasteiger partial charge is 0.370 e. The highest BCUT2D eigenvalue weighted by atomic mass is 32.2. The summed E-state index contributed by atoms with van der Waals surface area (Å²) >= 11 is 0. The Hall–Kier alpha value is -2.81. The fraction of sp³-hybridized carbons (Fsp3) is 0.385.